The van der Waals surface area contributed by atoms with Crippen LogP contribution in [0.1, 0.15) is 48.9 Å². The van der Waals surface area contributed by atoms with Crippen molar-refractivity contribution < 1.29 is 9.53 Å². The fourth-order valence-corrected chi connectivity index (χ4v) is 3.89. The highest BCUT2D eigenvalue weighted by atomic mass is 16.5. The molecule has 1 radical (unpaired) electrons. The number of ether oxygens (including phenoxy) is 1. The standard InChI is InChI=1S/C19H26NO2/c1-22-18-9-7-17(8-10-18)19(21)20-13-11-16(12-14-20)15-5-3-2-4-6-15/h3,7-10,15-16H,2,4-6,11-14H2,1H3. The molecule has 119 valence electrons. The Hall–Kier alpha value is -1.51. The number of nitrogens with zero attached hydrogens (tertiary/aromatic N) is 1. The summed E-state index contributed by atoms with van der Waals surface area (Å²) in [5.74, 6) is 2.64. The van der Waals surface area contributed by atoms with Gasteiger partial charge in [-0.2, -0.15) is 0 Å². The number of hydrogen-bond donors (Lipinski definition) is 0. The zero-order chi connectivity index (χ0) is 15.4. The van der Waals surface area contributed by atoms with E-state index in [4.69, 9.17) is 4.74 Å². The maximum atomic E-state index is 12.6. The zero-order valence-corrected chi connectivity index (χ0v) is 13.5. The van der Waals surface area contributed by atoms with E-state index in [0.29, 0.717) is 0 Å². The molecule has 0 aromatic heterocycles. The van der Waals surface area contributed by atoms with Gasteiger partial charge in [-0.1, -0.05) is 19.3 Å². The van der Waals surface area contributed by atoms with Crippen LogP contribution in [0.5, 0.6) is 5.75 Å². The van der Waals surface area contributed by atoms with Crippen molar-refractivity contribution in [1.29, 1.82) is 0 Å². The van der Waals surface area contributed by atoms with Crippen molar-refractivity contribution in [2.75, 3.05) is 20.2 Å². The summed E-state index contributed by atoms with van der Waals surface area (Å²) in [4.78, 5) is 14.6. The Morgan fingerprint density at radius 1 is 1.09 bits per heavy atom. The van der Waals surface area contributed by atoms with Crippen LogP contribution in [0.2, 0.25) is 0 Å². The van der Waals surface area contributed by atoms with Crippen LogP contribution in [-0.4, -0.2) is 31.0 Å². The summed E-state index contributed by atoms with van der Waals surface area (Å²) in [6.07, 6.45) is 10.1. The number of rotatable bonds is 3. The van der Waals surface area contributed by atoms with Crippen LogP contribution in [0.15, 0.2) is 24.3 Å². The summed E-state index contributed by atoms with van der Waals surface area (Å²) in [6, 6.07) is 7.45. The molecule has 1 heterocycles. The normalized spacial score (nSPS) is 20.9. The molecule has 1 unspecified atom stereocenters. The van der Waals surface area contributed by atoms with Crippen molar-refractivity contribution in [2.24, 2.45) is 11.8 Å². The van der Waals surface area contributed by atoms with Crippen molar-refractivity contribution in [3.05, 3.63) is 36.2 Å². The average Bonchev–Trinajstić information content (AvgIpc) is 2.62. The van der Waals surface area contributed by atoms with Gasteiger partial charge in [0.05, 0.1) is 7.11 Å². The third-order valence-corrected chi connectivity index (χ3v) is 5.28. The molecule has 1 saturated heterocycles. The maximum absolute atomic E-state index is 12.6. The molecule has 0 N–H and O–H groups in total. The number of piperidine rings is 1. The molecule has 2 aliphatic rings. The Morgan fingerprint density at radius 2 is 1.82 bits per heavy atom. The number of benzene rings is 1. The molecule has 0 spiro atoms. The molecule has 3 nitrogen and oxygen atoms in total. The molecular formula is C19H26NO2. The summed E-state index contributed by atoms with van der Waals surface area (Å²) in [7, 11) is 1.64. The summed E-state index contributed by atoms with van der Waals surface area (Å²) in [6.45, 7) is 1.82. The van der Waals surface area contributed by atoms with E-state index in [0.717, 1.165) is 36.2 Å². The van der Waals surface area contributed by atoms with Gasteiger partial charge in [0, 0.05) is 18.7 Å². The van der Waals surface area contributed by atoms with Crippen LogP contribution in [0, 0.1) is 18.3 Å². The highest BCUT2D eigenvalue weighted by Crippen LogP contribution is 2.35. The van der Waals surface area contributed by atoms with E-state index in [-0.39, 0.29) is 5.91 Å². The Morgan fingerprint density at radius 3 is 2.41 bits per heavy atom. The highest BCUT2D eigenvalue weighted by Gasteiger charge is 2.29. The number of likely N-dealkylation sites (tertiary alicyclic amines) is 1. The first-order valence-electron chi connectivity index (χ1n) is 8.53. The molecule has 22 heavy (non-hydrogen) atoms. The molecular weight excluding hydrogens is 274 g/mol. The Balaban J connectivity index is 1.54. The van der Waals surface area contributed by atoms with Gasteiger partial charge in [-0.25, -0.2) is 0 Å². The molecule has 2 fully saturated rings. The SMILES string of the molecule is COc1ccc(C(=O)N2CCC(C3C[CH]CCC3)CC2)cc1. The number of methoxy groups -OCH3 is 1. The van der Waals surface area contributed by atoms with E-state index in [9.17, 15) is 4.79 Å². The fourth-order valence-electron chi connectivity index (χ4n) is 3.89. The topological polar surface area (TPSA) is 29.5 Å². The van der Waals surface area contributed by atoms with Crippen molar-refractivity contribution in [3.8, 4) is 5.75 Å². The quantitative estimate of drug-likeness (QED) is 0.846. The molecule has 1 aliphatic carbocycles. The predicted molar refractivity (Wildman–Crippen MR) is 87.9 cm³/mol. The average molecular weight is 300 g/mol. The van der Waals surface area contributed by atoms with Crippen LogP contribution in [0.3, 0.4) is 0 Å². The van der Waals surface area contributed by atoms with E-state index >= 15 is 0 Å². The molecule has 1 aromatic rings. The summed E-state index contributed by atoms with van der Waals surface area (Å²) in [5, 5.41) is 0. The zero-order valence-electron chi connectivity index (χ0n) is 13.5. The van der Waals surface area contributed by atoms with Crippen LogP contribution < -0.4 is 4.74 Å². The molecule has 1 saturated carbocycles. The van der Waals surface area contributed by atoms with E-state index in [2.05, 4.69) is 6.42 Å². The molecule has 1 amide bonds. The van der Waals surface area contributed by atoms with Gasteiger partial charge in [-0.05, 0) is 61.8 Å². The lowest BCUT2D eigenvalue weighted by molar-refractivity contribution is 0.0646. The van der Waals surface area contributed by atoms with Gasteiger partial charge in [-0.3, -0.25) is 4.79 Å². The van der Waals surface area contributed by atoms with Crippen molar-refractivity contribution in [1.82, 2.24) is 4.90 Å². The van der Waals surface area contributed by atoms with Crippen LogP contribution in [0.4, 0.5) is 0 Å². The predicted octanol–water partition coefficient (Wildman–Crippen LogP) is 3.94. The second-order valence-electron chi connectivity index (χ2n) is 6.57. The van der Waals surface area contributed by atoms with Crippen molar-refractivity contribution in [2.45, 2.75) is 38.5 Å². The van der Waals surface area contributed by atoms with E-state index in [1.165, 1.54) is 38.5 Å². The lowest BCUT2D eigenvalue weighted by atomic mass is 9.76. The maximum Gasteiger partial charge on any atom is 0.253 e. The molecule has 3 heteroatoms. The molecule has 1 atom stereocenters. The monoisotopic (exact) mass is 300 g/mol. The number of hydrogen-bond acceptors (Lipinski definition) is 2. The van der Waals surface area contributed by atoms with E-state index < -0.39 is 0 Å². The third kappa shape index (κ3) is 3.45. The molecule has 3 rings (SSSR count). The Kier molecular flexibility index (Phi) is 5.01. The second kappa shape index (κ2) is 7.17. The summed E-state index contributed by atoms with van der Waals surface area (Å²) < 4.78 is 5.15. The van der Waals surface area contributed by atoms with Gasteiger partial charge in [0.25, 0.3) is 5.91 Å². The minimum atomic E-state index is 0.163. The Bertz CT molecular complexity index is 483. The van der Waals surface area contributed by atoms with Gasteiger partial charge in [-0.15, -0.1) is 0 Å². The van der Waals surface area contributed by atoms with Gasteiger partial charge < -0.3 is 9.64 Å². The summed E-state index contributed by atoms with van der Waals surface area (Å²) >= 11 is 0. The fraction of sp³-hybridized carbons (Fsp3) is 0.579. The number of amides is 1. The van der Waals surface area contributed by atoms with Gasteiger partial charge in [0.1, 0.15) is 5.75 Å². The van der Waals surface area contributed by atoms with Crippen LogP contribution in [0.25, 0.3) is 0 Å². The lowest BCUT2D eigenvalue weighted by Gasteiger charge is -2.37. The first-order valence-corrected chi connectivity index (χ1v) is 8.53. The third-order valence-electron chi connectivity index (χ3n) is 5.28. The number of carbonyl (C=O) groups is 1. The smallest absolute Gasteiger partial charge is 0.253 e. The first-order chi connectivity index (χ1) is 10.8. The van der Waals surface area contributed by atoms with Crippen LogP contribution >= 0.6 is 0 Å². The van der Waals surface area contributed by atoms with E-state index in [1.807, 2.05) is 29.2 Å². The summed E-state index contributed by atoms with van der Waals surface area (Å²) in [5.41, 5.74) is 0.769. The van der Waals surface area contributed by atoms with Crippen LogP contribution in [-0.2, 0) is 0 Å². The Labute approximate surface area is 133 Å². The largest absolute Gasteiger partial charge is 0.497 e. The van der Waals surface area contributed by atoms with Crippen molar-refractivity contribution in [3.63, 3.8) is 0 Å². The van der Waals surface area contributed by atoms with Gasteiger partial charge in [0.2, 0.25) is 0 Å². The lowest BCUT2D eigenvalue weighted by Crippen LogP contribution is -2.40. The molecule has 1 aliphatic heterocycles. The van der Waals surface area contributed by atoms with Gasteiger partial charge in [0.15, 0.2) is 0 Å². The molecule has 1 aromatic carbocycles. The number of carbonyl (C=O) groups excluding carboxylic acids is 1. The first kappa shape index (κ1) is 15.4. The van der Waals surface area contributed by atoms with Gasteiger partial charge >= 0.3 is 0 Å². The van der Waals surface area contributed by atoms with Crippen molar-refractivity contribution >= 4 is 5.91 Å². The minimum Gasteiger partial charge on any atom is -0.497 e. The highest BCUT2D eigenvalue weighted by molar-refractivity contribution is 5.94. The second-order valence-corrected chi connectivity index (χ2v) is 6.57. The molecule has 0 bridgehead atoms. The van der Waals surface area contributed by atoms with E-state index in [1.54, 1.807) is 7.11 Å². The minimum absolute atomic E-state index is 0.163.